The Labute approximate surface area is 225 Å². The number of aromatic nitrogens is 2. The smallest absolute Gasteiger partial charge is 0.246 e. The standard InChI is InChI=1S/C27H32ClN5O3S/c1-16(29-2)25(34)31-22(17-10-14-36-15-11-17)27(35)33-13-5-8-20(33)26-32-24-21(37-26)9-12-30-23(24)18-6-3-4-7-19(18)28/h3-4,6-7,9,12,16-17,20,22,29H,5,8,10-11,13-15H2,1-2H3,(H,31,34)/t16-,20-,22?/m0/s1. The lowest BCUT2D eigenvalue weighted by atomic mass is 9.90. The topological polar surface area (TPSA) is 96.5 Å². The number of pyridine rings is 1. The van der Waals surface area contributed by atoms with E-state index in [-0.39, 0.29) is 29.8 Å². The predicted molar refractivity (Wildman–Crippen MR) is 146 cm³/mol. The number of amides is 2. The monoisotopic (exact) mass is 541 g/mol. The maximum absolute atomic E-state index is 14.0. The first-order valence-electron chi connectivity index (χ1n) is 12.8. The van der Waals surface area contributed by atoms with Gasteiger partial charge in [0, 0.05) is 31.5 Å². The van der Waals surface area contributed by atoms with Gasteiger partial charge in [-0.1, -0.05) is 29.8 Å². The van der Waals surface area contributed by atoms with Crippen LogP contribution in [0.5, 0.6) is 0 Å². The largest absolute Gasteiger partial charge is 0.381 e. The summed E-state index contributed by atoms with van der Waals surface area (Å²) in [6, 6.07) is 8.49. The minimum atomic E-state index is -0.581. The van der Waals surface area contributed by atoms with E-state index in [4.69, 9.17) is 21.3 Å². The van der Waals surface area contributed by atoms with Crippen LogP contribution in [0.15, 0.2) is 36.5 Å². The molecule has 2 fully saturated rings. The Balaban J connectivity index is 1.45. The molecule has 1 unspecified atom stereocenters. The molecule has 4 heterocycles. The normalized spacial score (nSPS) is 20.2. The Morgan fingerprint density at radius 3 is 2.73 bits per heavy atom. The molecule has 2 aromatic heterocycles. The lowest BCUT2D eigenvalue weighted by Gasteiger charge is -2.35. The summed E-state index contributed by atoms with van der Waals surface area (Å²) in [6.07, 6.45) is 5.00. The highest BCUT2D eigenvalue weighted by Gasteiger charge is 2.40. The first-order valence-corrected chi connectivity index (χ1v) is 14.0. The molecule has 2 saturated heterocycles. The summed E-state index contributed by atoms with van der Waals surface area (Å²) >= 11 is 8.07. The average Bonchev–Trinajstić information content (AvgIpc) is 3.59. The van der Waals surface area contributed by atoms with Gasteiger partial charge in [0.1, 0.15) is 16.6 Å². The molecule has 5 rings (SSSR count). The Kier molecular flexibility index (Phi) is 8.04. The first kappa shape index (κ1) is 26.0. The van der Waals surface area contributed by atoms with Crippen LogP contribution in [0.1, 0.15) is 43.7 Å². The number of thiazole rings is 1. The second kappa shape index (κ2) is 11.4. The lowest BCUT2D eigenvalue weighted by Crippen LogP contribution is -2.56. The van der Waals surface area contributed by atoms with Gasteiger partial charge in [-0.2, -0.15) is 0 Å². The van der Waals surface area contributed by atoms with E-state index in [1.807, 2.05) is 35.2 Å². The molecule has 3 atom stereocenters. The van der Waals surface area contributed by atoms with Crippen LogP contribution in [0.4, 0.5) is 0 Å². The van der Waals surface area contributed by atoms with Crippen LogP contribution in [-0.2, 0) is 14.3 Å². The third-order valence-electron chi connectivity index (χ3n) is 7.40. The second-order valence-corrected chi connectivity index (χ2v) is 11.1. The number of likely N-dealkylation sites (tertiary alicyclic amines) is 1. The molecule has 3 aromatic rings. The molecule has 0 spiro atoms. The fourth-order valence-electron chi connectivity index (χ4n) is 5.17. The number of likely N-dealkylation sites (N-methyl/N-ethyl adjacent to an activating group) is 1. The van der Waals surface area contributed by atoms with Gasteiger partial charge >= 0.3 is 0 Å². The predicted octanol–water partition coefficient (Wildman–Crippen LogP) is 4.19. The highest BCUT2D eigenvalue weighted by atomic mass is 35.5. The molecule has 196 valence electrons. The number of ether oxygens (including phenoxy) is 1. The van der Waals surface area contributed by atoms with Crippen molar-refractivity contribution >= 4 is 45.0 Å². The number of nitrogens with one attached hydrogen (secondary N) is 2. The summed E-state index contributed by atoms with van der Waals surface area (Å²) in [7, 11) is 1.74. The van der Waals surface area contributed by atoms with Gasteiger partial charge < -0.3 is 20.3 Å². The van der Waals surface area contributed by atoms with Gasteiger partial charge in [0.2, 0.25) is 11.8 Å². The number of hydrogen-bond donors (Lipinski definition) is 2. The highest BCUT2D eigenvalue weighted by molar-refractivity contribution is 7.18. The number of rotatable bonds is 7. The van der Waals surface area contributed by atoms with Gasteiger partial charge in [-0.3, -0.25) is 14.6 Å². The van der Waals surface area contributed by atoms with Gasteiger partial charge in [-0.05, 0) is 57.7 Å². The van der Waals surface area contributed by atoms with Crippen molar-refractivity contribution < 1.29 is 14.3 Å². The van der Waals surface area contributed by atoms with E-state index in [9.17, 15) is 9.59 Å². The molecule has 2 aliphatic rings. The van der Waals surface area contributed by atoms with Crippen molar-refractivity contribution in [1.82, 2.24) is 25.5 Å². The van der Waals surface area contributed by atoms with Crippen molar-refractivity contribution in [2.45, 2.75) is 50.7 Å². The molecular weight excluding hydrogens is 510 g/mol. The second-order valence-electron chi connectivity index (χ2n) is 9.67. The highest BCUT2D eigenvalue weighted by Crippen LogP contribution is 2.40. The Morgan fingerprint density at radius 2 is 1.97 bits per heavy atom. The Morgan fingerprint density at radius 1 is 1.19 bits per heavy atom. The van der Waals surface area contributed by atoms with Gasteiger partial charge in [-0.15, -0.1) is 11.3 Å². The zero-order valence-corrected chi connectivity index (χ0v) is 22.6. The van der Waals surface area contributed by atoms with E-state index >= 15 is 0 Å². The third-order valence-corrected chi connectivity index (χ3v) is 8.85. The Hall–Kier alpha value is -2.59. The van der Waals surface area contributed by atoms with Crippen molar-refractivity contribution in [1.29, 1.82) is 0 Å². The fraction of sp³-hybridized carbons (Fsp3) is 0.481. The quantitative estimate of drug-likeness (QED) is 0.465. The third kappa shape index (κ3) is 5.36. The number of benzene rings is 1. The molecule has 0 bridgehead atoms. The molecule has 1 aromatic carbocycles. The van der Waals surface area contributed by atoms with E-state index in [0.29, 0.717) is 24.8 Å². The van der Waals surface area contributed by atoms with Crippen molar-refractivity contribution in [2.75, 3.05) is 26.8 Å². The summed E-state index contributed by atoms with van der Waals surface area (Å²) in [4.78, 5) is 38.4. The SMILES string of the molecule is CN[C@@H](C)C(=O)NC(C(=O)N1CCC[C@H]1c1nc2c(-c3ccccc3Cl)nccc2s1)C1CCOCC1. The van der Waals surface area contributed by atoms with Crippen LogP contribution >= 0.6 is 22.9 Å². The lowest BCUT2D eigenvalue weighted by molar-refractivity contribution is -0.140. The summed E-state index contributed by atoms with van der Waals surface area (Å²) in [5.41, 5.74) is 2.38. The summed E-state index contributed by atoms with van der Waals surface area (Å²) in [5, 5.41) is 7.55. The minimum absolute atomic E-state index is 0.0326. The van der Waals surface area contributed by atoms with E-state index < -0.39 is 6.04 Å². The van der Waals surface area contributed by atoms with Gasteiger partial charge in [-0.25, -0.2) is 4.98 Å². The van der Waals surface area contributed by atoms with Crippen molar-refractivity contribution in [2.24, 2.45) is 5.92 Å². The summed E-state index contributed by atoms with van der Waals surface area (Å²) < 4.78 is 6.55. The molecule has 0 saturated carbocycles. The molecule has 10 heteroatoms. The van der Waals surface area contributed by atoms with E-state index in [2.05, 4.69) is 15.6 Å². The van der Waals surface area contributed by atoms with Crippen LogP contribution in [0, 0.1) is 5.92 Å². The Bertz CT molecular complexity index is 1280. The zero-order chi connectivity index (χ0) is 25.9. The zero-order valence-electron chi connectivity index (χ0n) is 21.1. The maximum atomic E-state index is 14.0. The van der Waals surface area contributed by atoms with Gasteiger partial charge in [0.25, 0.3) is 0 Å². The average molecular weight is 542 g/mol. The summed E-state index contributed by atoms with van der Waals surface area (Å²) in [6.45, 7) is 3.65. The van der Waals surface area contributed by atoms with E-state index in [1.54, 1.807) is 31.5 Å². The number of fused-ring (bicyclic) bond motifs is 1. The van der Waals surface area contributed by atoms with Crippen LogP contribution < -0.4 is 10.6 Å². The van der Waals surface area contributed by atoms with E-state index in [1.165, 1.54) is 0 Å². The summed E-state index contributed by atoms with van der Waals surface area (Å²) in [5.74, 6) is -0.157. The van der Waals surface area contributed by atoms with Crippen molar-refractivity contribution in [3.63, 3.8) is 0 Å². The maximum Gasteiger partial charge on any atom is 0.246 e. The molecule has 0 aliphatic carbocycles. The fourth-order valence-corrected chi connectivity index (χ4v) is 6.51. The van der Waals surface area contributed by atoms with E-state index in [0.717, 1.165) is 52.2 Å². The molecular formula is C27H32ClN5O3S. The molecule has 2 amide bonds. The van der Waals surface area contributed by atoms with Crippen molar-refractivity contribution in [3.8, 4) is 11.3 Å². The molecule has 37 heavy (non-hydrogen) atoms. The van der Waals surface area contributed by atoms with Gasteiger partial charge in [0.15, 0.2) is 0 Å². The number of carbonyl (C=O) groups excluding carboxylic acids is 2. The minimum Gasteiger partial charge on any atom is -0.381 e. The van der Waals surface area contributed by atoms with Crippen LogP contribution in [0.25, 0.3) is 21.5 Å². The molecule has 2 aliphatic heterocycles. The van der Waals surface area contributed by atoms with Crippen LogP contribution in [0.3, 0.4) is 0 Å². The van der Waals surface area contributed by atoms with Crippen LogP contribution in [-0.4, -0.2) is 65.6 Å². The van der Waals surface area contributed by atoms with Crippen LogP contribution in [0.2, 0.25) is 5.02 Å². The number of carbonyl (C=O) groups is 2. The molecule has 2 N–H and O–H groups in total. The first-order chi connectivity index (χ1) is 18.0. The number of hydrogen-bond acceptors (Lipinski definition) is 7. The van der Waals surface area contributed by atoms with Crippen molar-refractivity contribution in [3.05, 3.63) is 46.6 Å². The number of nitrogens with zero attached hydrogens (tertiary/aromatic N) is 3. The molecule has 8 nitrogen and oxygen atoms in total. The number of halogens is 1. The molecule has 0 radical (unpaired) electrons. The van der Waals surface area contributed by atoms with Gasteiger partial charge in [0.05, 0.1) is 27.5 Å².